The lowest BCUT2D eigenvalue weighted by Gasteiger charge is -2.28. The summed E-state index contributed by atoms with van der Waals surface area (Å²) in [5.41, 5.74) is -0.355. The Bertz CT molecular complexity index is 453. The van der Waals surface area contributed by atoms with Gasteiger partial charge in [0.15, 0.2) is 0 Å². The first-order valence-corrected chi connectivity index (χ1v) is 7.02. The molecule has 2 atom stereocenters. The summed E-state index contributed by atoms with van der Waals surface area (Å²) in [6.45, 7) is 3.94. The summed E-state index contributed by atoms with van der Waals surface area (Å²) in [5, 5.41) is 5.64. The summed E-state index contributed by atoms with van der Waals surface area (Å²) in [4.78, 5) is 11.9. The number of halogens is 2. The van der Waals surface area contributed by atoms with Gasteiger partial charge in [0.05, 0.1) is 0 Å². The normalized spacial score (nSPS) is 20.4. The number of hydrogen-bond acceptors (Lipinski definition) is 2. The van der Waals surface area contributed by atoms with Crippen molar-refractivity contribution in [1.29, 1.82) is 0 Å². The van der Waals surface area contributed by atoms with Crippen molar-refractivity contribution in [3.8, 4) is 0 Å². The van der Waals surface area contributed by atoms with E-state index in [1.54, 1.807) is 0 Å². The molecule has 0 aliphatic carbocycles. The molecule has 1 aromatic rings. The molecule has 110 valence electrons. The molecule has 1 amide bonds. The second kappa shape index (κ2) is 6.79. The number of carbonyl (C=O) groups is 1. The lowest BCUT2D eigenvalue weighted by Crippen LogP contribution is -2.34. The predicted octanol–water partition coefficient (Wildman–Crippen LogP) is 2.93. The number of hydrogen-bond donors (Lipinski definition) is 2. The molecule has 1 aromatic carbocycles. The largest absolute Gasteiger partial charge is 0.321 e. The molecule has 1 heterocycles. The van der Waals surface area contributed by atoms with Crippen LogP contribution in [-0.2, 0) is 4.79 Å². The Kier molecular flexibility index (Phi) is 5.06. The standard InChI is InChI=1S/C15H20F2N2O/c1-10(11-4-3-7-18-9-11)8-14(20)19-15-12(16)5-2-6-13(15)17/h2,5-6,10-11,18H,3-4,7-9H2,1H3,(H,19,20). The van der Waals surface area contributed by atoms with Crippen molar-refractivity contribution >= 4 is 11.6 Å². The minimum atomic E-state index is -0.745. The van der Waals surface area contributed by atoms with Crippen molar-refractivity contribution in [2.45, 2.75) is 26.2 Å². The minimum absolute atomic E-state index is 0.192. The molecule has 1 aliphatic heterocycles. The molecular weight excluding hydrogens is 262 g/mol. The number of piperidine rings is 1. The quantitative estimate of drug-likeness (QED) is 0.891. The van der Waals surface area contributed by atoms with Gasteiger partial charge < -0.3 is 10.6 Å². The maximum atomic E-state index is 13.4. The molecule has 2 rings (SSSR count). The Morgan fingerprint density at radius 2 is 2.15 bits per heavy atom. The van der Waals surface area contributed by atoms with Crippen LogP contribution in [0.1, 0.15) is 26.2 Å². The van der Waals surface area contributed by atoms with Gasteiger partial charge in [0.25, 0.3) is 0 Å². The Hall–Kier alpha value is -1.49. The third kappa shape index (κ3) is 3.76. The van der Waals surface area contributed by atoms with Gasteiger partial charge in [-0.1, -0.05) is 13.0 Å². The van der Waals surface area contributed by atoms with Crippen molar-refractivity contribution in [2.75, 3.05) is 18.4 Å². The van der Waals surface area contributed by atoms with E-state index in [2.05, 4.69) is 10.6 Å². The average molecular weight is 282 g/mol. The zero-order valence-corrected chi connectivity index (χ0v) is 11.6. The molecule has 3 nitrogen and oxygen atoms in total. The van der Waals surface area contributed by atoms with Crippen molar-refractivity contribution in [2.24, 2.45) is 11.8 Å². The van der Waals surface area contributed by atoms with Crippen LogP contribution in [0.5, 0.6) is 0 Å². The van der Waals surface area contributed by atoms with Crippen molar-refractivity contribution in [3.63, 3.8) is 0 Å². The monoisotopic (exact) mass is 282 g/mol. The fourth-order valence-corrected chi connectivity index (χ4v) is 2.63. The van der Waals surface area contributed by atoms with E-state index in [1.165, 1.54) is 6.07 Å². The summed E-state index contributed by atoms with van der Waals surface area (Å²) in [6, 6.07) is 3.54. The molecule has 0 bridgehead atoms. The van der Waals surface area contributed by atoms with Crippen LogP contribution in [0.2, 0.25) is 0 Å². The van der Waals surface area contributed by atoms with Crippen LogP contribution in [-0.4, -0.2) is 19.0 Å². The van der Waals surface area contributed by atoms with Gasteiger partial charge in [0.2, 0.25) is 5.91 Å². The topological polar surface area (TPSA) is 41.1 Å². The van der Waals surface area contributed by atoms with Crippen LogP contribution in [0, 0.1) is 23.5 Å². The van der Waals surface area contributed by atoms with E-state index in [0.717, 1.165) is 38.1 Å². The first kappa shape index (κ1) is 14.9. The molecule has 1 fully saturated rings. The van der Waals surface area contributed by atoms with Crippen molar-refractivity contribution < 1.29 is 13.6 Å². The number of anilines is 1. The molecule has 5 heteroatoms. The van der Waals surface area contributed by atoms with Crippen LogP contribution >= 0.6 is 0 Å². The molecule has 1 aliphatic rings. The van der Waals surface area contributed by atoms with Gasteiger partial charge in [-0.2, -0.15) is 0 Å². The van der Waals surface area contributed by atoms with E-state index >= 15 is 0 Å². The van der Waals surface area contributed by atoms with E-state index < -0.39 is 11.6 Å². The van der Waals surface area contributed by atoms with Crippen molar-refractivity contribution in [3.05, 3.63) is 29.8 Å². The van der Waals surface area contributed by atoms with Crippen LogP contribution in [0.15, 0.2) is 18.2 Å². The minimum Gasteiger partial charge on any atom is -0.321 e. The maximum absolute atomic E-state index is 13.4. The molecule has 1 saturated heterocycles. The molecule has 0 saturated carbocycles. The summed E-state index contributed by atoms with van der Waals surface area (Å²) in [5.74, 6) is -1.19. The second-order valence-corrected chi connectivity index (χ2v) is 5.43. The molecular formula is C15H20F2N2O. The average Bonchev–Trinajstić information content (AvgIpc) is 2.44. The van der Waals surface area contributed by atoms with E-state index in [9.17, 15) is 13.6 Å². The first-order chi connectivity index (χ1) is 9.58. The summed E-state index contributed by atoms with van der Waals surface area (Å²) in [7, 11) is 0. The van der Waals surface area contributed by atoms with Gasteiger partial charge in [0, 0.05) is 6.42 Å². The zero-order chi connectivity index (χ0) is 14.5. The predicted molar refractivity (Wildman–Crippen MR) is 74.4 cm³/mol. The first-order valence-electron chi connectivity index (χ1n) is 7.02. The fourth-order valence-electron chi connectivity index (χ4n) is 2.63. The lowest BCUT2D eigenvalue weighted by atomic mass is 9.85. The van der Waals surface area contributed by atoms with Gasteiger partial charge in [-0.25, -0.2) is 8.78 Å². The molecule has 20 heavy (non-hydrogen) atoms. The fraction of sp³-hybridized carbons (Fsp3) is 0.533. The molecule has 0 spiro atoms. The number of para-hydroxylation sites is 1. The van der Waals surface area contributed by atoms with E-state index in [0.29, 0.717) is 5.92 Å². The van der Waals surface area contributed by atoms with Gasteiger partial charge >= 0.3 is 0 Å². The smallest absolute Gasteiger partial charge is 0.224 e. The zero-order valence-electron chi connectivity index (χ0n) is 11.6. The van der Waals surface area contributed by atoms with Crippen LogP contribution < -0.4 is 10.6 Å². The molecule has 2 unspecified atom stereocenters. The summed E-state index contributed by atoms with van der Waals surface area (Å²) in [6.07, 6.45) is 2.48. The second-order valence-electron chi connectivity index (χ2n) is 5.43. The number of rotatable bonds is 4. The lowest BCUT2D eigenvalue weighted by molar-refractivity contribution is -0.117. The Morgan fingerprint density at radius 3 is 2.75 bits per heavy atom. The highest BCUT2D eigenvalue weighted by Crippen LogP contribution is 2.24. The van der Waals surface area contributed by atoms with Gasteiger partial charge in [-0.3, -0.25) is 4.79 Å². The van der Waals surface area contributed by atoms with Crippen LogP contribution in [0.3, 0.4) is 0 Å². The third-order valence-corrected chi connectivity index (χ3v) is 3.87. The summed E-state index contributed by atoms with van der Waals surface area (Å²) >= 11 is 0. The van der Waals surface area contributed by atoms with Crippen molar-refractivity contribution in [1.82, 2.24) is 5.32 Å². The molecule has 2 N–H and O–H groups in total. The SMILES string of the molecule is CC(CC(=O)Nc1c(F)cccc1F)C1CCCNC1. The van der Waals surface area contributed by atoms with Crippen LogP contribution in [0.4, 0.5) is 14.5 Å². The van der Waals surface area contributed by atoms with Gasteiger partial charge in [-0.05, 0) is 49.9 Å². The number of carbonyl (C=O) groups excluding carboxylic acids is 1. The summed E-state index contributed by atoms with van der Waals surface area (Å²) < 4.78 is 26.9. The molecule has 0 aromatic heterocycles. The number of amides is 1. The third-order valence-electron chi connectivity index (χ3n) is 3.87. The van der Waals surface area contributed by atoms with E-state index in [4.69, 9.17) is 0 Å². The van der Waals surface area contributed by atoms with E-state index in [1.807, 2.05) is 6.92 Å². The highest BCUT2D eigenvalue weighted by atomic mass is 19.1. The Labute approximate surface area is 117 Å². The highest BCUT2D eigenvalue weighted by Gasteiger charge is 2.22. The van der Waals surface area contributed by atoms with Gasteiger partial charge in [0.1, 0.15) is 17.3 Å². The van der Waals surface area contributed by atoms with Gasteiger partial charge in [-0.15, -0.1) is 0 Å². The molecule has 0 radical (unpaired) electrons. The van der Waals surface area contributed by atoms with Crippen LogP contribution in [0.25, 0.3) is 0 Å². The Morgan fingerprint density at radius 1 is 1.45 bits per heavy atom. The van der Waals surface area contributed by atoms with E-state index in [-0.39, 0.29) is 23.9 Å². The number of nitrogens with one attached hydrogen (secondary N) is 2. The Balaban J connectivity index is 1.91. The highest BCUT2D eigenvalue weighted by molar-refractivity contribution is 5.91. The number of benzene rings is 1. The maximum Gasteiger partial charge on any atom is 0.224 e.